The highest BCUT2D eigenvalue weighted by Gasteiger charge is 2.02. The van der Waals surface area contributed by atoms with Crippen molar-refractivity contribution in [2.24, 2.45) is 0 Å². The predicted molar refractivity (Wildman–Crippen MR) is 122 cm³/mol. The standard InChI is InChI=1S/C27H33N/c1-3-5-6-7-8-9-10-27-20-19-26(21-28-27)25-17-15-24(16-18-25)23-13-11-22(4-2)12-14-23/h11-21H,3-10H2,1-2H3. The van der Waals surface area contributed by atoms with Gasteiger partial charge in [-0.3, -0.25) is 4.98 Å². The normalized spacial score (nSPS) is 10.9. The van der Waals surface area contributed by atoms with E-state index < -0.39 is 0 Å². The Balaban J connectivity index is 1.56. The van der Waals surface area contributed by atoms with Gasteiger partial charge in [-0.1, -0.05) is 101 Å². The number of pyridine rings is 1. The first-order chi connectivity index (χ1) is 13.8. The third-order valence-corrected chi connectivity index (χ3v) is 5.52. The van der Waals surface area contributed by atoms with Gasteiger partial charge in [0.2, 0.25) is 0 Å². The van der Waals surface area contributed by atoms with Crippen molar-refractivity contribution < 1.29 is 0 Å². The van der Waals surface area contributed by atoms with Crippen LogP contribution < -0.4 is 0 Å². The molecule has 0 atom stereocenters. The van der Waals surface area contributed by atoms with Crippen LogP contribution in [0, 0.1) is 0 Å². The van der Waals surface area contributed by atoms with Crippen molar-refractivity contribution in [2.45, 2.75) is 65.2 Å². The van der Waals surface area contributed by atoms with E-state index in [2.05, 4.69) is 79.5 Å². The maximum atomic E-state index is 4.69. The van der Waals surface area contributed by atoms with Gasteiger partial charge in [-0.2, -0.15) is 0 Å². The summed E-state index contributed by atoms with van der Waals surface area (Å²) in [7, 11) is 0. The minimum atomic E-state index is 1.08. The van der Waals surface area contributed by atoms with Crippen LogP contribution in [0.4, 0.5) is 0 Å². The van der Waals surface area contributed by atoms with E-state index >= 15 is 0 Å². The van der Waals surface area contributed by atoms with E-state index in [9.17, 15) is 0 Å². The quantitative estimate of drug-likeness (QED) is 0.330. The molecule has 3 aromatic rings. The maximum absolute atomic E-state index is 4.69. The number of nitrogens with zero attached hydrogens (tertiary/aromatic N) is 1. The SMILES string of the molecule is CCCCCCCCc1ccc(-c2ccc(-c3ccc(CC)cc3)cc2)cn1. The highest BCUT2D eigenvalue weighted by molar-refractivity contribution is 5.70. The lowest BCUT2D eigenvalue weighted by atomic mass is 9.99. The Kier molecular flexibility index (Phi) is 7.84. The summed E-state index contributed by atoms with van der Waals surface area (Å²) < 4.78 is 0. The number of aryl methyl sites for hydroxylation is 2. The molecule has 0 aliphatic heterocycles. The molecule has 0 spiro atoms. The second-order valence-corrected chi connectivity index (χ2v) is 7.68. The molecule has 0 fully saturated rings. The van der Waals surface area contributed by atoms with E-state index in [1.54, 1.807) is 0 Å². The molecule has 28 heavy (non-hydrogen) atoms. The summed E-state index contributed by atoms with van der Waals surface area (Å²) in [6.07, 6.45) is 12.2. The van der Waals surface area contributed by atoms with Gasteiger partial charge in [0.25, 0.3) is 0 Å². The number of hydrogen-bond acceptors (Lipinski definition) is 1. The third kappa shape index (κ3) is 5.79. The molecule has 0 saturated heterocycles. The number of aromatic nitrogens is 1. The first kappa shape index (κ1) is 20.3. The van der Waals surface area contributed by atoms with Gasteiger partial charge < -0.3 is 0 Å². The molecule has 0 N–H and O–H groups in total. The Morgan fingerprint density at radius 2 is 1.11 bits per heavy atom. The number of unbranched alkanes of at least 4 members (excludes halogenated alkanes) is 5. The minimum absolute atomic E-state index is 1.08. The van der Waals surface area contributed by atoms with Gasteiger partial charge in [-0.05, 0) is 47.6 Å². The largest absolute Gasteiger partial charge is 0.261 e. The van der Waals surface area contributed by atoms with Crippen LogP contribution in [0.2, 0.25) is 0 Å². The zero-order chi connectivity index (χ0) is 19.6. The molecule has 2 aromatic carbocycles. The summed E-state index contributed by atoms with van der Waals surface area (Å²) in [6, 6.07) is 22.1. The molecule has 1 aromatic heterocycles. The first-order valence-electron chi connectivity index (χ1n) is 10.9. The second kappa shape index (κ2) is 10.8. The van der Waals surface area contributed by atoms with Crippen molar-refractivity contribution in [3.05, 3.63) is 78.1 Å². The molecule has 1 heteroatoms. The lowest BCUT2D eigenvalue weighted by Gasteiger charge is -2.07. The molecule has 146 valence electrons. The van der Waals surface area contributed by atoms with Crippen molar-refractivity contribution in [1.82, 2.24) is 4.98 Å². The number of hydrogen-bond donors (Lipinski definition) is 0. The Morgan fingerprint density at radius 1 is 0.571 bits per heavy atom. The average molecular weight is 372 g/mol. The Hall–Kier alpha value is -2.41. The van der Waals surface area contributed by atoms with Gasteiger partial charge >= 0.3 is 0 Å². The fourth-order valence-electron chi connectivity index (χ4n) is 3.62. The second-order valence-electron chi connectivity index (χ2n) is 7.68. The van der Waals surface area contributed by atoms with Crippen LogP contribution in [0.25, 0.3) is 22.3 Å². The molecule has 0 bridgehead atoms. The van der Waals surface area contributed by atoms with Crippen molar-refractivity contribution in [1.29, 1.82) is 0 Å². The van der Waals surface area contributed by atoms with Crippen LogP contribution in [0.15, 0.2) is 66.9 Å². The highest BCUT2D eigenvalue weighted by Crippen LogP contribution is 2.25. The fraction of sp³-hybridized carbons (Fsp3) is 0.370. The summed E-state index contributed by atoms with van der Waals surface area (Å²) in [4.78, 5) is 4.69. The van der Waals surface area contributed by atoms with Gasteiger partial charge in [-0.15, -0.1) is 0 Å². The van der Waals surface area contributed by atoms with Crippen molar-refractivity contribution >= 4 is 0 Å². The van der Waals surface area contributed by atoms with Crippen LogP contribution in [0.3, 0.4) is 0 Å². The van der Waals surface area contributed by atoms with Crippen LogP contribution in [0.5, 0.6) is 0 Å². The van der Waals surface area contributed by atoms with E-state index in [-0.39, 0.29) is 0 Å². The van der Waals surface area contributed by atoms with Crippen molar-refractivity contribution in [3.8, 4) is 22.3 Å². The highest BCUT2D eigenvalue weighted by atomic mass is 14.7. The minimum Gasteiger partial charge on any atom is -0.261 e. The number of rotatable bonds is 10. The summed E-state index contributed by atoms with van der Waals surface area (Å²) in [5.74, 6) is 0. The molecule has 1 nitrogen and oxygen atoms in total. The average Bonchev–Trinajstić information content (AvgIpc) is 2.77. The van der Waals surface area contributed by atoms with Crippen LogP contribution in [0.1, 0.15) is 63.6 Å². The van der Waals surface area contributed by atoms with Gasteiger partial charge in [0.05, 0.1) is 0 Å². The van der Waals surface area contributed by atoms with Crippen LogP contribution in [-0.2, 0) is 12.8 Å². The Labute approximate surface area is 170 Å². The molecule has 1 heterocycles. The first-order valence-corrected chi connectivity index (χ1v) is 10.9. The van der Waals surface area contributed by atoms with Crippen LogP contribution in [-0.4, -0.2) is 4.98 Å². The van der Waals surface area contributed by atoms with E-state index in [1.165, 1.54) is 72.0 Å². The van der Waals surface area contributed by atoms with Gasteiger partial charge in [0, 0.05) is 17.5 Å². The van der Waals surface area contributed by atoms with Crippen LogP contribution >= 0.6 is 0 Å². The monoisotopic (exact) mass is 371 g/mol. The van der Waals surface area contributed by atoms with Crippen molar-refractivity contribution in [2.75, 3.05) is 0 Å². The van der Waals surface area contributed by atoms with Crippen molar-refractivity contribution in [3.63, 3.8) is 0 Å². The molecule has 0 aliphatic carbocycles. The molecular formula is C27H33N. The summed E-state index contributed by atoms with van der Waals surface area (Å²) >= 11 is 0. The number of benzene rings is 2. The third-order valence-electron chi connectivity index (χ3n) is 5.52. The summed E-state index contributed by atoms with van der Waals surface area (Å²) in [6.45, 7) is 4.46. The smallest absolute Gasteiger partial charge is 0.0404 e. The maximum Gasteiger partial charge on any atom is 0.0404 e. The summed E-state index contributed by atoms with van der Waals surface area (Å²) in [5, 5.41) is 0. The Morgan fingerprint density at radius 3 is 1.68 bits per heavy atom. The summed E-state index contributed by atoms with van der Waals surface area (Å²) in [5.41, 5.74) is 7.56. The zero-order valence-electron chi connectivity index (χ0n) is 17.5. The zero-order valence-corrected chi connectivity index (χ0v) is 17.5. The molecule has 0 amide bonds. The lowest BCUT2D eigenvalue weighted by Crippen LogP contribution is -1.91. The van der Waals surface area contributed by atoms with Gasteiger partial charge in [-0.25, -0.2) is 0 Å². The van der Waals surface area contributed by atoms with E-state index in [4.69, 9.17) is 0 Å². The van der Waals surface area contributed by atoms with E-state index in [0.717, 1.165) is 12.8 Å². The molecule has 0 saturated carbocycles. The predicted octanol–water partition coefficient (Wildman–Crippen LogP) is 7.88. The molecule has 0 aliphatic rings. The van der Waals surface area contributed by atoms with E-state index in [1.807, 2.05) is 6.20 Å². The topological polar surface area (TPSA) is 12.9 Å². The molecule has 0 unspecified atom stereocenters. The fourth-order valence-corrected chi connectivity index (χ4v) is 3.62. The molecule has 3 rings (SSSR count). The van der Waals surface area contributed by atoms with E-state index in [0.29, 0.717) is 0 Å². The molecular weight excluding hydrogens is 338 g/mol. The molecule has 0 radical (unpaired) electrons. The Bertz CT molecular complexity index is 814. The van der Waals surface area contributed by atoms with Gasteiger partial charge in [0.15, 0.2) is 0 Å². The lowest BCUT2D eigenvalue weighted by molar-refractivity contribution is 0.605. The van der Waals surface area contributed by atoms with Gasteiger partial charge in [0.1, 0.15) is 0 Å².